The van der Waals surface area contributed by atoms with Gasteiger partial charge in [-0.05, 0) is 36.8 Å². The largest absolute Gasteiger partial charge is 0.480 e. The van der Waals surface area contributed by atoms with Crippen LogP contribution in [0.3, 0.4) is 0 Å². The molecule has 1 N–H and O–H groups in total. The van der Waals surface area contributed by atoms with E-state index in [0.717, 1.165) is 31.8 Å². The molecule has 0 aliphatic carbocycles. The summed E-state index contributed by atoms with van der Waals surface area (Å²) in [7, 11) is 0. The minimum atomic E-state index is -0.635. The molecule has 0 amide bonds. The number of carbonyl (C=O) groups is 1. The lowest BCUT2D eigenvalue weighted by Crippen LogP contribution is -2.41. The van der Waals surface area contributed by atoms with Gasteiger partial charge in [0.15, 0.2) is 0 Å². The Hall–Kier alpha value is -0.220. The summed E-state index contributed by atoms with van der Waals surface area (Å²) >= 11 is 1.96. The Kier molecular flexibility index (Phi) is 2.79. The van der Waals surface area contributed by atoms with Crippen LogP contribution in [0.4, 0.5) is 0 Å². The van der Waals surface area contributed by atoms with Crippen LogP contribution in [0.1, 0.15) is 12.8 Å². The molecular formula is C9H15NO2S. The van der Waals surface area contributed by atoms with Crippen LogP contribution in [0, 0.1) is 5.92 Å². The molecule has 0 aromatic heterocycles. The average Bonchev–Trinajstić information content (AvgIpc) is 2.44. The van der Waals surface area contributed by atoms with Crippen LogP contribution >= 0.6 is 11.8 Å². The van der Waals surface area contributed by atoms with Gasteiger partial charge in [0.1, 0.15) is 6.04 Å². The van der Waals surface area contributed by atoms with Gasteiger partial charge in [0, 0.05) is 6.54 Å². The normalized spacial score (nSPS) is 30.3. The highest BCUT2D eigenvalue weighted by Gasteiger charge is 2.33. The van der Waals surface area contributed by atoms with Crippen molar-refractivity contribution in [3.8, 4) is 0 Å². The van der Waals surface area contributed by atoms with Gasteiger partial charge in [0.05, 0.1) is 0 Å². The molecule has 0 bridgehead atoms. The number of likely N-dealkylation sites (tertiary alicyclic amines) is 1. The molecule has 1 unspecified atom stereocenters. The monoisotopic (exact) mass is 201 g/mol. The molecule has 2 aliphatic rings. The molecule has 2 saturated heterocycles. The predicted octanol–water partition coefficient (Wildman–Crippen LogP) is 0.898. The summed E-state index contributed by atoms with van der Waals surface area (Å²) in [4.78, 5) is 13.0. The van der Waals surface area contributed by atoms with Crippen molar-refractivity contribution in [1.82, 2.24) is 4.90 Å². The fourth-order valence-electron chi connectivity index (χ4n) is 2.05. The zero-order chi connectivity index (χ0) is 9.26. The molecule has 0 aromatic carbocycles. The molecule has 2 rings (SSSR count). The van der Waals surface area contributed by atoms with Gasteiger partial charge in [-0.25, -0.2) is 0 Å². The fourth-order valence-corrected chi connectivity index (χ4v) is 2.83. The maximum Gasteiger partial charge on any atom is 0.320 e. The number of thioether (sulfide) groups is 1. The van der Waals surface area contributed by atoms with Crippen molar-refractivity contribution in [1.29, 1.82) is 0 Å². The van der Waals surface area contributed by atoms with E-state index in [9.17, 15) is 4.79 Å². The molecule has 13 heavy (non-hydrogen) atoms. The van der Waals surface area contributed by atoms with E-state index in [1.807, 2.05) is 11.8 Å². The standard InChI is InChI=1S/C9H15NO2S/c11-9(12)8-2-1-3-10(8)4-7-5-13-6-7/h7-8H,1-6H2,(H,11,12). The summed E-state index contributed by atoms with van der Waals surface area (Å²) in [5.41, 5.74) is 0. The van der Waals surface area contributed by atoms with E-state index in [2.05, 4.69) is 4.90 Å². The minimum absolute atomic E-state index is 0.189. The van der Waals surface area contributed by atoms with Crippen LogP contribution in [-0.4, -0.2) is 46.6 Å². The molecule has 0 saturated carbocycles. The maximum absolute atomic E-state index is 10.9. The van der Waals surface area contributed by atoms with Crippen molar-refractivity contribution in [3.63, 3.8) is 0 Å². The highest BCUT2D eigenvalue weighted by atomic mass is 32.2. The first-order valence-corrected chi connectivity index (χ1v) is 5.97. The Morgan fingerprint density at radius 2 is 2.31 bits per heavy atom. The number of hydrogen-bond donors (Lipinski definition) is 1. The first-order chi connectivity index (χ1) is 6.27. The smallest absolute Gasteiger partial charge is 0.320 e. The molecule has 1 atom stereocenters. The fraction of sp³-hybridized carbons (Fsp3) is 0.889. The van der Waals surface area contributed by atoms with E-state index in [1.54, 1.807) is 0 Å². The predicted molar refractivity (Wildman–Crippen MR) is 53.0 cm³/mol. The molecule has 2 aliphatic heterocycles. The third-order valence-corrected chi connectivity index (χ3v) is 4.26. The highest BCUT2D eigenvalue weighted by molar-refractivity contribution is 8.00. The second-order valence-electron chi connectivity index (χ2n) is 3.89. The Morgan fingerprint density at radius 3 is 2.85 bits per heavy atom. The van der Waals surface area contributed by atoms with Crippen LogP contribution in [0.5, 0.6) is 0 Å². The van der Waals surface area contributed by atoms with E-state index < -0.39 is 5.97 Å². The molecule has 0 aromatic rings. The third kappa shape index (κ3) is 1.99. The van der Waals surface area contributed by atoms with Crippen LogP contribution in [0.25, 0.3) is 0 Å². The van der Waals surface area contributed by atoms with E-state index in [1.165, 1.54) is 11.5 Å². The van der Waals surface area contributed by atoms with Gasteiger partial charge in [0.2, 0.25) is 0 Å². The Morgan fingerprint density at radius 1 is 1.54 bits per heavy atom. The second kappa shape index (κ2) is 3.88. The Balaban J connectivity index is 1.85. The SMILES string of the molecule is O=C(O)C1CCCN1CC1CSC1. The third-order valence-electron chi connectivity index (χ3n) is 2.85. The van der Waals surface area contributed by atoms with Crippen LogP contribution in [-0.2, 0) is 4.79 Å². The average molecular weight is 201 g/mol. The Bertz CT molecular complexity index is 206. The first-order valence-electron chi connectivity index (χ1n) is 4.82. The Labute approximate surface area is 82.5 Å². The van der Waals surface area contributed by atoms with Crippen LogP contribution in [0.2, 0.25) is 0 Å². The molecule has 0 spiro atoms. The van der Waals surface area contributed by atoms with Crippen molar-refractivity contribution in [3.05, 3.63) is 0 Å². The molecular weight excluding hydrogens is 186 g/mol. The van der Waals surface area contributed by atoms with Gasteiger partial charge in [-0.1, -0.05) is 0 Å². The van der Waals surface area contributed by atoms with E-state index >= 15 is 0 Å². The van der Waals surface area contributed by atoms with Crippen LogP contribution in [0.15, 0.2) is 0 Å². The summed E-state index contributed by atoms with van der Waals surface area (Å²) in [6.07, 6.45) is 1.89. The quantitative estimate of drug-likeness (QED) is 0.736. The van der Waals surface area contributed by atoms with Gasteiger partial charge in [-0.3, -0.25) is 9.69 Å². The van der Waals surface area contributed by atoms with Crippen molar-refractivity contribution >= 4 is 17.7 Å². The summed E-state index contributed by atoms with van der Waals surface area (Å²) in [5, 5.41) is 8.94. The molecule has 0 radical (unpaired) electrons. The lowest BCUT2D eigenvalue weighted by atomic mass is 10.1. The maximum atomic E-state index is 10.9. The summed E-state index contributed by atoms with van der Waals surface area (Å²) in [6, 6.07) is -0.189. The van der Waals surface area contributed by atoms with Gasteiger partial charge in [0.25, 0.3) is 0 Å². The highest BCUT2D eigenvalue weighted by Crippen LogP contribution is 2.28. The number of hydrogen-bond acceptors (Lipinski definition) is 3. The lowest BCUT2D eigenvalue weighted by molar-refractivity contribution is -0.142. The van der Waals surface area contributed by atoms with Crippen molar-refractivity contribution in [2.75, 3.05) is 24.6 Å². The molecule has 3 nitrogen and oxygen atoms in total. The number of nitrogens with zero attached hydrogens (tertiary/aromatic N) is 1. The first kappa shape index (κ1) is 9.34. The number of carboxylic acids is 1. The second-order valence-corrected chi connectivity index (χ2v) is 4.97. The van der Waals surface area contributed by atoms with E-state index in [-0.39, 0.29) is 6.04 Å². The summed E-state index contributed by atoms with van der Waals surface area (Å²) in [6.45, 7) is 1.99. The van der Waals surface area contributed by atoms with Crippen molar-refractivity contribution in [2.24, 2.45) is 5.92 Å². The number of aliphatic carboxylic acids is 1. The molecule has 2 fully saturated rings. The number of carboxylic acid groups (broad SMARTS) is 1. The minimum Gasteiger partial charge on any atom is -0.480 e. The molecule has 2 heterocycles. The van der Waals surface area contributed by atoms with Crippen molar-refractivity contribution in [2.45, 2.75) is 18.9 Å². The lowest BCUT2D eigenvalue weighted by Gasteiger charge is -2.31. The van der Waals surface area contributed by atoms with Gasteiger partial charge in [-0.15, -0.1) is 0 Å². The summed E-state index contributed by atoms with van der Waals surface area (Å²) < 4.78 is 0. The topological polar surface area (TPSA) is 40.5 Å². The molecule has 4 heteroatoms. The van der Waals surface area contributed by atoms with Gasteiger partial charge >= 0.3 is 5.97 Å². The van der Waals surface area contributed by atoms with Gasteiger partial charge in [-0.2, -0.15) is 11.8 Å². The van der Waals surface area contributed by atoms with E-state index in [0.29, 0.717) is 0 Å². The number of rotatable bonds is 3. The van der Waals surface area contributed by atoms with Gasteiger partial charge < -0.3 is 5.11 Å². The zero-order valence-electron chi connectivity index (χ0n) is 7.61. The van der Waals surface area contributed by atoms with Crippen molar-refractivity contribution < 1.29 is 9.90 Å². The van der Waals surface area contributed by atoms with E-state index in [4.69, 9.17) is 5.11 Å². The summed E-state index contributed by atoms with van der Waals surface area (Å²) in [5.74, 6) is 2.57. The zero-order valence-corrected chi connectivity index (χ0v) is 8.42. The van der Waals surface area contributed by atoms with Crippen LogP contribution < -0.4 is 0 Å². The molecule has 74 valence electrons.